The Morgan fingerprint density at radius 3 is 2.64 bits per heavy atom. The molecule has 3 aliphatic rings. The predicted molar refractivity (Wildman–Crippen MR) is 93.1 cm³/mol. The van der Waals surface area contributed by atoms with Gasteiger partial charge in [-0.1, -0.05) is 22.0 Å². The Labute approximate surface area is 154 Å². The van der Waals surface area contributed by atoms with E-state index in [1.54, 1.807) is 19.1 Å². The van der Waals surface area contributed by atoms with Gasteiger partial charge in [0.1, 0.15) is 11.7 Å². The van der Waals surface area contributed by atoms with Gasteiger partial charge in [-0.2, -0.15) is 0 Å². The number of nitrogens with one attached hydrogen (secondary N) is 1. The average molecular weight is 428 g/mol. The van der Waals surface area contributed by atoms with Crippen molar-refractivity contribution in [1.29, 1.82) is 0 Å². The molecule has 1 aromatic rings. The highest BCUT2D eigenvalue weighted by Gasteiger charge is 2.64. The van der Waals surface area contributed by atoms with E-state index in [4.69, 9.17) is 4.74 Å². The van der Waals surface area contributed by atoms with Gasteiger partial charge in [0.15, 0.2) is 0 Å². The highest BCUT2D eigenvalue weighted by Crippen LogP contribution is 2.53. The van der Waals surface area contributed by atoms with Crippen molar-refractivity contribution in [2.45, 2.75) is 48.3 Å². The first kappa shape index (κ1) is 17.2. The molecular weight excluding hydrogens is 410 g/mol. The SMILES string of the molecule is C[C@]1(NS(=O)(=O)c2ccc(Br)cc2)C=C2C(=O)O[C@@H]3CC[C@H](C1)[C@]23O. The minimum atomic E-state index is -3.77. The number of carbonyl (C=O) groups excluding carboxylic acids is 1. The van der Waals surface area contributed by atoms with Gasteiger partial charge in [0.2, 0.25) is 10.0 Å². The average Bonchev–Trinajstić information content (AvgIpc) is 2.95. The summed E-state index contributed by atoms with van der Waals surface area (Å²) in [6, 6.07) is 6.34. The van der Waals surface area contributed by atoms with Crippen molar-refractivity contribution < 1.29 is 23.1 Å². The summed E-state index contributed by atoms with van der Waals surface area (Å²) >= 11 is 3.28. The first-order chi connectivity index (χ1) is 11.6. The first-order valence-corrected chi connectivity index (χ1v) is 10.4. The van der Waals surface area contributed by atoms with Crippen LogP contribution >= 0.6 is 15.9 Å². The van der Waals surface area contributed by atoms with Crippen molar-refractivity contribution in [2.24, 2.45) is 5.92 Å². The van der Waals surface area contributed by atoms with Crippen LogP contribution in [0.5, 0.6) is 0 Å². The van der Waals surface area contributed by atoms with E-state index in [0.29, 0.717) is 19.3 Å². The smallest absolute Gasteiger partial charge is 0.337 e. The maximum absolute atomic E-state index is 12.7. The molecule has 0 bridgehead atoms. The molecule has 0 radical (unpaired) electrons. The number of ether oxygens (including phenoxy) is 1. The lowest BCUT2D eigenvalue weighted by Crippen LogP contribution is -2.54. The summed E-state index contributed by atoms with van der Waals surface area (Å²) < 4.78 is 34.3. The summed E-state index contributed by atoms with van der Waals surface area (Å²) in [6.07, 6.45) is 2.73. The molecule has 134 valence electrons. The molecule has 4 rings (SSSR count). The van der Waals surface area contributed by atoms with E-state index < -0.39 is 33.2 Å². The number of sulfonamides is 1. The van der Waals surface area contributed by atoms with E-state index in [9.17, 15) is 18.3 Å². The molecule has 8 heteroatoms. The van der Waals surface area contributed by atoms with Crippen molar-refractivity contribution in [3.63, 3.8) is 0 Å². The zero-order valence-electron chi connectivity index (χ0n) is 13.5. The lowest BCUT2D eigenvalue weighted by atomic mass is 9.71. The normalized spacial score (nSPS) is 36.8. The van der Waals surface area contributed by atoms with Crippen LogP contribution in [0, 0.1) is 5.92 Å². The fourth-order valence-electron chi connectivity index (χ4n) is 4.33. The second kappa shape index (κ2) is 5.39. The summed E-state index contributed by atoms with van der Waals surface area (Å²) in [5.74, 6) is -0.757. The van der Waals surface area contributed by atoms with E-state index in [1.165, 1.54) is 18.2 Å². The summed E-state index contributed by atoms with van der Waals surface area (Å²) in [5.41, 5.74) is -2.05. The summed E-state index contributed by atoms with van der Waals surface area (Å²) in [5, 5.41) is 11.0. The Kier molecular flexibility index (Phi) is 3.71. The van der Waals surface area contributed by atoms with Crippen molar-refractivity contribution in [2.75, 3.05) is 0 Å². The fraction of sp³-hybridized carbons (Fsp3) is 0.471. The second-order valence-corrected chi connectivity index (χ2v) is 9.83. The monoisotopic (exact) mass is 427 g/mol. The lowest BCUT2D eigenvalue weighted by molar-refractivity contribution is -0.140. The molecule has 0 amide bonds. The molecule has 25 heavy (non-hydrogen) atoms. The Morgan fingerprint density at radius 2 is 1.96 bits per heavy atom. The lowest BCUT2D eigenvalue weighted by Gasteiger charge is -2.40. The van der Waals surface area contributed by atoms with Crippen LogP contribution in [0.1, 0.15) is 26.2 Å². The van der Waals surface area contributed by atoms with Crippen LogP contribution in [0.2, 0.25) is 0 Å². The maximum Gasteiger partial charge on any atom is 0.337 e. The zero-order chi connectivity index (χ0) is 18.0. The fourth-order valence-corrected chi connectivity index (χ4v) is 5.96. The Bertz CT molecular complexity index is 881. The highest BCUT2D eigenvalue weighted by atomic mass is 79.9. The van der Waals surface area contributed by atoms with Crippen LogP contribution in [0.15, 0.2) is 45.3 Å². The molecule has 1 aromatic carbocycles. The molecule has 1 saturated carbocycles. The standard InChI is InChI=1S/C17H18BrNO5S/c1-16(19-25(22,23)12-5-3-11(18)4-6-12)8-10-2-7-14-17(10,21)13(9-16)15(20)24-14/h3-6,9-10,14,19,21H,2,7-8H2,1H3/t10-,14-,16-,17+/m1/s1. The van der Waals surface area contributed by atoms with Crippen LogP contribution in [0.25, 0.3) is 0 Å². The second-order valence-electron chi connectivity index (χ2n) is 7.23. The molecule has 6 nitrogen and oxygen atoms in total. The van der Waals surface area contributed by atoms with Gasteiger partial charge in [-0.15, -0.1) is 0 Å². The van der Waals surface area contributed by atoms with Crippen molar-refractivity contribution in [3.05, 3.63) is 40.4 Å². The molecule has 4 atom stereocenters. The van der Waals surface area contributed by atoms with E-state index in [1.807, 2.05) is 0 Å². The minimum absolute atomic E-state index is 0.148. The number of aliphatic hydroxyl groups is 1. The molecule has 1 heterocycles. The number of benzene rings is 1. The molecule has 1 aliphatic heterocycles. The molecule has 2 fully saturated rings. The van der Waals surface area contributed by atoms with Crippen LogP contribution < -0.4 is 4.72 Å². The third-order valence-corrected chi connectivity index (χ3v) is 7.57. The van der Waals surface area contributed by atoms with Crippen molar-refractivity contribution in [3.8, 4) is 0 Å². The van der Waals surface area contributed by atoms with Gasteiger partial charge in [-0.3, -0.25) is 0 Å². The third kappa shape index (κ3) is 2.58. The van der Waals surface area contributed by atoms with Crippen LogP contribution in [0.3, 0.4) is 0 Å². The van der Waals surface area contributed by atoms with Gasteiger partial charge in [0, 0.05) is 10.0 Å². The van der Waals surface area contributed by atoms with E-state index >= 15 is 0 Å². The third-order valence-electron chi connectivity index (χ3n) is 5.42. The first-order valence-electron chi connectivity index (χ1n) is 8.10. The predicted octanol–water partition coefficient (Wildman–Crippen LogP) is 1.88. The number of halogens is 1. The summed E-state index contributed by atoms with van der Waals surface area (Å²) in [4.78, 5) is 12.3. The largest absolute Gasteiger partial charge is 0.455 e. The van der Waals surface area contributed by atoms with Crippen LogP contribution in [-0.2, 0) is 19.6 Å². The number of carbonyl (C=O) groups is 1. The summed E-state index contributed by atoms with van der Waals surface area (Å²) in [7, 11) is -3.77. The molecule has 0 unspecified atom stereocenters. The van der Waals surface area contributed by atoms with Crippen LogP contribution in [0.4, 0.5) is 0 Å². The van der Waals surface area contributed by atoms with E-state index in [2.05, 4.69) is 20.7 Å². The zero-order valence-corrected chi connectivity index (χ0v) is 15.9. The molecule has 2 aliphatic carbocycles. The number of hydrogen-bond acceptors (Lipinski definition) is 5. The Balaban J connectivity index is 1.70. The highest BCUT2D eigenvalue weighted by molar-refractivity contribution is 9.10. The molecule has 2 N–H and O–H groups in total. The van der Waals surface area contributed by atoms with Gasteiger partial charge < -0.3 is 9.84 Å². The van der Waals surface area contributed by atoms with E-state index in [-0.39, 0.29) is 16.4 Å². The molecule has 1 saturated heterocycles. The van der Waals surface area contributed by atoms with Crippen LogP contribution in [-0.4, -0.2) is 36.7 Å². The summed E-state index contributed by atoms with van der Waals surface area (Å²) in [6.45, 7) is 1.73. The Hall–Kier alpha value is -1.22. The quantitative estimate of drug-likeness (QED) is 0.718. The maximum atomic E-state index is 12.7. The topological polar surface area (TPSA) is 92.7 Å². The van der Waals surface area contributed by atoms with Gasteiger partial charge in [0.05, 0.1) is 10.5 Å². The number of hydrogen-bond donors (Lipinski definition) is 2. The van der Waals surface area contributed by atoms with Gasteiger partial charge in [0.25, 0.3) is 0 Å². The van der Waals surface area contributed by atoms with Crippen molar-refractivity contribution in [1.82, 2.24) is 4.72 Å². The molecule has 0 aromatic heterocycles. The number of esters is 1. The van der Waals surface area contributed by atoms with Gasteiger partial charge in [-0.05, 0) is 56.4 Å². The number of rotatable bonds is 3. The van der Waals surface area contributed by atoms with E-state index in [0.717, 1.165) is 4.47 Å². The van der Waals surface area contributed by atoms with Crippen molar-refractivity contribution >= 4 is 31.9 Å². The minimum Gasteiger partial charge on any atom is -0.455 e. The van der Waals surface area contributed by atoms with Gasteiger partial charge >= 0.3 is 5.97 Å². The molecular formula is C17H18BrNO5S. The Morgan fingerprint density at radius 1 is 1.28 bits per heavy atom. The van der Waals surface area contributed by atoms with Gasteiger partial charge in [-0.25, -0.2) is 17.9 Å². The molecule has 0 spiro atoms.